The van der Waals surface area contributed by atoms with Crippen molar-refractivity contribution in [2.75, 3.05) is 13.2 Å². The number of ether oxygens (including phenoxy) is 2. The summed E-state index contributed by atoms with van der Waals surface area (Å²) in [4.78, 5) is 5.22. The molecule has 0 unspecified atom stereocenters. The molecule has 4 aromatic carbocycles. The van der Waals surface area contributed by atoms with Crippen LogP contribution in [0.25, 0.3) is 52.9 Å². The molecule has 0 saturated heterocycles. The Morgan fingerprint density at radius 2 is 0.857 bits per heavy atom. The van der Waals surface area contributed by atoms with E-state index in [1.807, 2.05) is 22.7 Å². The van der Waals surface area contributed by atoms with Gasteiger partial charge < -0.3 is 9.47 Å². The van der Waals surface area contributed by atoms with E-state index in [9.17, 15) is 0 Å². The predicted molar refractivity (Wildman–Crippen MR) is 276 cm³/mol. The fourth-order valence-electron chi connectivity index (χ4n) is 9.40. The molecule has 2 atom stereocenters. The van der Waals surface area contributed by atoms with Crippen LogP contribution in [0.15, 0.2) is 132 Å². The minimum Gasteiger partial charge on any atom is -0.494 e. The van der Waals surface area contributed by atoms with Crippen LogP contribution in [0.4, 0.5) is 0 Å². The molecule has 0 spiro atoms. The summed E-state index contributed by atoms with van der Waals surface area (Å²) in [6.45, 7) is 19.6. The lowest BCUT2D eigenvalue weighted by Crippen LogP contribution is -2.25. The van der Waals surface area contributed by atoms with Crippen LogP contribution < -0.4 is 9.47 Å². The van der Waals surface area contributed by atoms with Crippen molar-refractivity contribution in [1.82, 2.24) is 0 Å². The van der Waals surface area contributed by atoms with Gasteiger partial charge in [0.15, 0.2) is 0 Å². The van der Waals surface area contributed by atoms with Crippen LogP contribution in [-0.4, -0.2) is 13.2 Å². The van der Waals surface area contributed by atoms with Gasteiger partial charge in [-0.25, -0.2) is 0 Å². The van der Waals surface area contributed by atoms with Gasteiger partial charge >= 0.3 is 0 Å². The second-order valence-corrected chi connectivity index (χ2v) is 20.8. The first-order valence-corrected chi connectivity index (χ1v) is 25.4. The molecule has 1 aliphatic carbocycles. The van der Waals surface area contributed by atoms with Gasteiger partial charge in [-0.05, 0) is 220 Å². The Hall–Kier alpha value is -4.64. The van der Waals surface area contributed by atoms with E-state index >= 15 is 0 Å². The topological polar surface area (TPSA) is 18.5 Å². The third kappa shape index (κ3) is 11.6. The van der Waals surface area contributed by atoms with Gasteiger partial charge in [-0.3, -0.25) is 0 Å². The summed E-state index contributed by atoms with van der Waals surface area (Å²) in [5.74, 6) is 3.22. The molecule has 0 radical (unpaired) electrons. The summed E-state index contributed by atoms with van der Waals surface area (Å²) < 4.78 is 12.3. The lowest BCUT2D eigenvalue weighted by molar-refractivity contribution is 0.279. The van der Waals surface area contributed by atoms with Gasteiger partial charge in [-0.2, -0.15) is 0 Å². The molecular formula is C59H70O2S2. The van der Waals surface area contributed by atoms with Crippen molar-refractivity contribution in [3.05, 3.63) is 144 Å². The minimum absolute atomic E-state index is 0.00118. The monoisotopic (exact) mass is 874 g/mol. The van der Waals surface area contributed by atoms with E-state index in [1.165, 1.54) is 88.0 Å². The SMILES string of the molecule is CCCC1(CCC)c2cc(-c3ccc(-c4ccc(OCC[C@@H](C)CCC=C(C)C)cc4)s3)ccc2-c2ccc(-c3ccc(-c4ccc(OCC[C@@H](C)CCC=C(C)C)cc4)s3)cc21. The van der Waals surface area contributed by atoms with Crippen molar-refractivity contribution in [1.29, 1.82) is 0 Å². The number of hydrogen-bond acceptors (Lipinski definition) is 4. The van der Waals surface area contributed by atoms with Crippen molar-refractivity contribution in [2.45, 2.75) is 125 Å². The number of hydrogen-bond donors (Lipinski definition) is 0. The van der Waals surface area contributed by atoms with Crippen LogP contribution in [0.3, 0.4) is 0 Å². The van der Waals surface area contributed by atoms with Crippen molar-refractivity contribution < 1.29 is 9.47 Å². The second kappa shape index (κ2) is 21.8. The Morgan fingerprint density at radius 1 is 0.492 bits per heavy atom. The summed E-state index contributed by atoms with van der Waals surface area (Å²) >= 11 is 3.78. The summed E-state index contributed by atoms with van der Waals surface area (Å²) in [7, 11) is 0. The van der Waals surface area contributed by atoms with Crippen LogP contribution in [-0.2, 0) is 5.41 Å². The molecule has 0 aliphatic heterocycles. The molecule has 4 heteroatoms. The van der Waals surface area contributed by atoms with Crippen molar-refractivity contribution in [2.24, 2.45) is 11.8 Å². The lowest BCUT2D eigenvalue weighted by atomic mass is 9.71. The Bertz CT molecular complexity index is 2280. The number of allylic oxidation sites excluding steroid dienone is 4. The third-order valence-electron chi connectivity index (χ3n) is 13.0. The van der Waals surface area contributed by atoms with Crippen molar-refractivity contribution in [3.63, 3.8) is 0 Å². The van der Waals surface area contributed by atoms with Crippen LogP contribution >= 0.6 is 22.7 Å². The number of fused-ring (bicyclic) bond motifs is 3. The van der Waals surface area contributed by atoms with Crippen LogP contribution in [0.5, 0.6) is 11.5 Å². The Kier molecular flexibility index (Phi) is 16.1. The van der Waals surface area contributed by atoms with E-state index in [2.05, 4.69) is 177 Å². The molecule has 1 aliphatic rings. The Morgan fingerprint density at radius 3 is 1.22 bits per heavy atom. The highest BCUT2D eigenvalue weighted by atomic mass is 32.1. The van der Waals surface area contributed by atoms with E-state index in [4.69, 9.17) is 9.47 Å². The smallest absolute Gasteiger partial charge is 0.119 e. The minimum atomic E-state index is -0.00118. The molecule has 2 nitrogen and oxygen atoms in total. The quantitative estimate of drug-likeness (QED) is 0.0633. The van der Waals surface area contributed by atoms with E-state index in [-0.39, 0.29) is 5.41 Å². The van der Waals surface area contributed by atoms with E-state index in [0.29, 0.717) is 11.8 Å². The first-order chi connectivity index (χ1) is 30.6. The molecule has 6 aromatic rings. The molecule has 0 N–H and O–H groups in total. The summed E-state index contributed by atoms with van der Waals surface area (Å²) in [6.07, 6.45) is 16.2. The van der Waals surface area contributed by atoms with Gasteiger partial charge in [0.1, 0.15) is 11.5 Å². The highest BCUT2D eigenvalue weighted by Gasteiger charge is 2.42. The van der Waals surface area contributed by atoms with Crippen molar-refractivity contribution >= 4 is 22.7 Å². The molecule has 330 valence electrons. The largest absolute Gasteiger partial charge is 0.494 e. The molecule has 0 amide bonds. The maximum Gasteiger partial charge on any atom is 0.119 e. The molecule has 7 rings (SSSR count). The average molecular weight is 875 g/mol. The highest BCUT2D eigenvalue weighted by Crippen LogP contribution is 2.56. The van der Waals surface area contributed by atoms with Gasteiger partial charge in [0, 0.05) is 24.9 Å². The Labute approximate surface area is 388 Å². The Balaban J connectivity index is 1.04. The standard InChI is InChI=1S/C59H70O2S2/c1-9-35-59(36-10-2)53-39-47(57-31-29-55(62-57)45-17-23-49(24-18-45)60-37-33-43(7)15-11-13-41(3)4)21-27-51(53)52-28-22-48(40-54(52)59)58-32-30-56(63-58)46-19-25-50(26-20-46)61-38-34-44(8)16-12-14-42(5)6/h13-14,17-32,39-40,43-44H,9-12,15-16,33-38H2,1-8H3/t43-,44-/m0/s1. The fraction of sp³-hybridized carbons (Fsp3) is 0.390. The van der Waals surface area contributed by atoms with Gasteiger partial charge in [-0.15, -0.1) is 22.7 Å². The second-order valence-electron chi connectivity index (χ2n) is 18.7. The van der Waals surface area contributed by atoms with Crippen molar-refractivity contribution in [3.8, 4) is 64.4 Å². The predicted octanol–water partition coefficient (Wildman–Crippen LogP) is 18.6. The maximum atomic E-state index is 6.16. The summed E-state index contributed by atoms with van der Waals surface area (Å²) in [5.41, 5.74) is 13.7. The van der Waals surface area contributed by atoms with E-state index in [1.54, 1.807) is 0 Å². The fourth-order valence-corrected chi connectivity index (χ4v) is 11.4. The zero-order valence-electron chi connectivity index (χ0n) is 39.3. The average Bonchev–Trinajstić information content (AvgIpc) is 4.03. The number of thiophene rings is 2. The van der Waals surface area contributed by atoms with Crippen LogP contribution in [0.1, 0.15) is 131 Å². The first kappa shape index (κ1) is 46.4. The molecule has 2 aromatic heterocycles. The van der Waals surface area contributed by atoms with Gasteiger partial charge in [0.05, 0.1) is 13.2 Å². The molecule has 0 bridgehead atoms. The van der Waals surface area contributed by atoms with Gasteiger partial charge in [0.2, 0.25) is 0 Å². The highest BCUT2D eigenvalue weighted by molar-refractivity contribution is 7.19. The van der Waals surface area contributed by atoms with E-state index in [0.717, 1.165) is 76.1 Å². The van der Waals surface area contributed by atoms with Gasteiger partial charge in [0.25, 0.3) is 0 Å². The lowest BCUT2D eigenvalue weighted by Gasteiger charge is -2.32. The third-order valence-corrected chi connectivity index (χ3v) is 15.3. The molecular weight excluding hydrogens is 805 g/mol. The number of benzene rings is 4. The molecule has 2 heterocycles. The summed E-state index contributed by atoms with van der Waals surface area (Å²) in [6, 6.07) is 41.2. The zero-order valence-corrected chi connectivity index (χ0v) is 41.0. The molecule has 63 heavy (non-hydrogen) atoms. The van der Waals surface area contributed by atoms with E-state index < -0.39 is 0 Å². The molecule has 0 saturated carbocycles. The molecule has 0 fully saturated rings. The first-order valence-electron chi connectivity index (χ1n) is 23.8. The van der Waals surface area contributed by atoms with Gasteiger partial charge in [-0.1, -0.05) is 88.1 Å². The van der Waals surface area contributed by atoms with Crippen LogP contribution in [0.2, 0.25) is 0 Å². The zero-order chi connectivity index (χ0) is 44.3. The number of rotatable bonds is 22. The normalized spacial score (nSPS) is 13.5. The van der Waals surface area contributed by atoms with Crippen LogP contribution in [0, 0.1) is 11.8 Å². The maximum absolute atomic E-state index is 6.16. The summed E-state index contributed by atoms with van der Waals surface area (Å²) in [5, 5.41) is 0.